The van der Waals surface area contributed by atoms with Crippen LogP contribution in [0.3, 0.4) is 0 Å². The first-order chi connectivity index (χ1) is 7.66. The number of nitrogen functional groups attached to an aromatic ring is 1. The van der Waals surface area contributed by atoms with Gasteiger partial charge in [0.1, 0.15) is 0 Å². The summed E-state index contributed by atoms with van der Waals surface area (Å²) >= 11 is 14.2. The van der Waals surface area contributed by atoms with Crippen molar-refractivity contribution in [2.45, 2.75) is 18.9 Å². The lowest BCUT2D eigenvalue weighted by atomic mass is 10.1. The Morgan fingerprint density at radius 3 is 2.56 bits per heavy atom. The zero-order valence-corrected chi connectivity index (χ0v) is 11.1. The van der Waals surface area contributed by atoms with Crippen LogP contribution in [-0.2, 0) is 0 Å². The molecule has 0 radical (unpaired) electrons. The zero-order valence-electron chi connectivity index (χ0n) is 8.80. The van der Waals surface area contributed by atoms with E-state index in [1.807, 2.05) is 11.8 Å². The van der Waals surface area contributed by atoms with Crippen LogP contribution in [0.4, 0.5) is 11.4 Å². The number of hydrogen-bond donors (Lipinski definition) is 2. The summed E-state index contributed by atoms with van der Waals surface area (Å²) in [4.78, 5) is 0. The van der Waals surface area contributed by atoms with Crippen molar-refractivity contribution >= 4 is 46.3 Å². The minimum Gasteiger partial charge on any atom is -0.399 e. The lowest BCUT2D eigenvalue weighted by Crippen LogP contribution is -2.26. The van der Waals surface area contributed by atoms with Crippen LogP contribution in [0.15, 0.2) is 12.1 Å². The van der Waals surface area contributed by atoms with Crippen molar-refractivity contribution in [1.29, 1.82) is 0 Å². The average molecular weight is 277 g/mol. The number of nitrogens with two attached hydrogens (primary N) is 1. The highest BCUT2D eigenvalue weighted by Gasteiger charge is 2.16. The Morgan fingerprint density at radius 1 is 1.31 bits per heavy atom. The summed E-state index contributed by atoms with van der Waals surface area (Å²) in [6.45, 7) is 0. The maximum atomic E-state index is 6.12. The second-order valence-corrected chi connectivity index (χ2v) is 5.88. The first-order valence-corrected chi connectivity index (χ1v) is 7.16. The van der Waals surface area contributed by atoms with Gasteiger partial charge < -0.3 is 11.1 Å². The summed E-state index contributed by atoms with van der Waals surface area (Å²) in [6.07, 6.45) is 2.41. The first-order valence-electron chi connectivity index (χ1n) is 5.25. The minimum absolute atomic E-state index is 0.456. The van der Waals surface area contributed by atoms with E-state index in [-0.39, 0.29) is 0 Å². The van der Waals surface area contributed by atoms with Crippen LogP contribution in [0.1, 0.15) is 12.8 Å². The molecule has 0 bridgehead atoms. The van der Waals surface area contributed by atoms with Crippen molar-refractivity contribution in [2.75, 3.05) is 22.6 Å². The molecule has 16 heavy (non-hydrogen) atoms. The maximum absolute atomic E-state index is 6.12. The molecule has 1 aromatic rings. The fourth-order valence-corrected chi connectivity index (χ4v) is 3.47. The van der Waals surface area contributed by atoms with Gasteiger partial charge in [-0.05, 0) is 30.7 Å². The molecule has 0 spiro atoms. The van der Waals surface area contributed by atoms with Crippen molar-refractivity contribution in [2.24, 2.45) is 0 Å². The lowest BCUT2D eigenvalue weighted by molar-refractivity contribution is 0.685. The summed E-state index contributed by atoms with van der Waals surface area (Å²) in [5, 5.41) is 4.60. The van der Waals surface area contributed by atoms with Gasteiger partial charge in [-0.3, -0.25) is 0 Å². The predicted octanol–water partition coefficient (Wildman–Crippen LogP) is 3.88. The third-order valence-corrected chi connectivity index (χ3v) is 4.38. The molecule has 1 aliphatic rings. The minimum atomic E-state index is 0.456. The van der Waals surface area contributed by atoms with E-state index in [1.165, 1.54) is 18.6 Å². The first kappa shape index (κ1) is 12.2. The molecular formula is C11H14Cl2N2S. The largest absolute Gasteiger partial charge is 0.399 e. The molecule has 0 aromatic heterocycles. The Hall–Kier alpha value is -0.250. The second kappa shape index (κ2) is 5.39. The quantitative estimate of drug-likeness (QED) is 0.805. The van der Waals surface area contributed by atoms with Crippen LogP contribution < -0.4 is 11.1 Å². The molecule has 5 heteroatoms. The summed E-state index contributed by atoms with van der Waals surface area (Å²) in [5.41, 5.74) is 7.07. The Balaban J connectivity index is 2.14. The summed E-state index contributed by atoms with van der Waals surface area (Å²) in [6, 6.07) is 3.91. The molecule has 88 valence electrons. The molecule has 0 saturated carbocycles. The van der Waals surface area contributed by atoms with E-state index in [4.69, 9.17) is 28.9 Å². The molecule has 2 rings (SSSR count). The van der Waals surface area contributed by atoms with Crippen molar-refractivity contribution in [3.05, 3.63) is 22.2 Å². The number of anilines is 2. The smallest absolute Gasteiger partial charge is 0.0722 e. The molecule has 1 aliphatic heterocycles. The Labute approximate surface area is 110 Å². The van der Waals surface area contributed by atoms with E-state index in [2.05, 4.69) is 5.32 Å². The van der Waals surface area contributed by atoms with Crippen LogP contribution in [-0.4, -0.2) is 17.5 Å². The van der Waals surface area contributed by atoms with Crippen molar-refractivity contribution in [3.63, 3.8) is 0 Å². The van der Waals surface area contributed by atoms with E-state index in [1.54, 1.807) is 12.1 Å². The SMILES string of the molecule is Nc1cc(Cl)c(NC2CCCSC2)c(Cl)c1. The summed E-state index contributed by atoms with van der Waals surface area (Å²) in [5.74, 6) is 2.36. The number of thioether (sulfide) groups is 1. The normalized spacial score (nSPS) is 20.8. The van der Waals surface area contributed by atoms with Gasteiger partial charge in [-0.25, -0.2) is 0 Å². The molecule has 1 atom stereocenters. The summed E-state index contributed by atoms with van der Waals surface area (Å²) < 4.78 is 0. The van der Waals surface area contributed by atoms with Gasteiger partial charge in [-0.1, -0.05) is 23.2 Å². The van der Waals surface area contributed by atoms with Gasteiger partial charge in [-0.15, -0.1) is 0 Å². The maximum Gasteiger partial charge on any atom is 0.0722 e. The molecule has 1 heterocycles. The fourth-order valence-electron chi connectivity index (χ4n) is 1.79. The van der Waals surface area contributed by atoms with Crippen LogP contribution >= 0.6 is 35.0 Å². The Morgan fingerprint density at radius 2 is 2.00 bits per heavy atom. The van der Waals surface area contributed by atoms with Crippen LogP contribution in [0.25, 0.3) is 0 Å². The number of hydrogen-bond acceptors (Lipinski definition) is 3. The molecule has 1 aromatic carbocycles. The summed E-state index contributed by atoms with van der Waals surface area (Å²) in [7, 11) is 0. The predicted molar refractivity (Wildman–Crippen MR) is 74.8 cm³/mol. The van der Waals surface area contributed by atoms with Crippen molar-refractivity contribution in [1.82, 2.24) is 0 Å². The van der Waals surface area contributed by atoms with E-state index >= 15 is 0 Å². The Bertz CT molecular complexity index is 355. The number of halogens is 2. The molecule has 1 fully saturated rings. The number of nitrogens with one attached hydrogen (secondary N) is 1. The standard InChI is InChI=1S/C11H14Cl2N2S/c12-9-4-7(14)5-10(13)11(9)15-8-2-1-3-16-6-8/h4-5,8,15H,1-3,6,14H2. The molecule has 2 nitrogen and oxygen atoms in total. The van der Waals surface area contributed by atoms with Gasteiger partial charge in [0.05, 0.1) is 15.7 Å². The topological polar surface area (TPSA) is 38.0 Å². The van der Waals surface area contributed by atoms with E-state index in [9.17, 15) is 0 Å². The van der Waals surface area contributed by atoms with Crippen LogP contribution in [0.2, 0.25) is 10.0 Å². The van der Waals surface area contributed by atoms with Gasteiger partial charge in [0.25, 0.3) is 0 Å². The third-order valence-electron chi connectivity index (χ3n) is 2.57. The average Bonchev–Trinajstić information content (AvgIpc) is 2.25. The van der Waals surface area contributed by atoms with E-state index < -0.39 is 0 Å². The highest BCUT2D eigenvalue weighted by Crippen LogP contribution is 2.34. The molecule has 1 unspecified atom stereocenters. The lowest BCUT2D eigenvalue weighted by Gasteiger charge is -2.24. The monoisotopic (exact) mass is 276 g/mol. The molecular weight excluding hydrogens is 263 g/mol. The Kier molecular flexibility index (Phi) is 4.11. The highest BCUT2D eigenvalue weighted by atomic mass is 35.5. The highest BCUT2D eigenvalue weighted by molar-refractivity contribution is 7.99. The second-order valence-electron chi connectivity index (χ2n) is 3.92. The van der Waals surface area contributed by atoms with Gasteiger partial charge in [-0.2, -0.15) is 11.8 Å². The van der Waals surface area contributed by atoms with Crippen molar-refractivity contribution in [3.8, 4) is 0 Å². The third kappa shape index (κ3) is 2.90. The van der Waals surface area contributed by atoms with Crippen LogP contribution in [0.5, 0.6) is 0 Å². The van der Waals surface area contributed by atoms with Gasteiger partial charge in [0.2, 0.25) is 0 Å². The molecule has 3 N–H and O–H groups in total. The number of benzene rings is 1. The number of rotatable bonds is 2. The zero-order chi connectivity index (χ0) is 11.5. The van der Waals surface area contributed by atoms with Crippen LogP contribution in [0, 0.1) is 0 Å². The molecule has 0 aliphatic carbocycles. The van der Waals surface area contributed by atoms with Crippen molar-refractivity contribution < 1.29 is 0 Å². The molecule has 1 saturated heterocycles. The fraction of sp³-hybridized carbons (Fsp3) is 0.455. The van der Waals surface area contributed by atoms with E-state index in [0.717, 1.165) is 11.4 Å². The van der Waals surface area contributed by atoms with Gasteiger partial charge in [0.15, 0.2) is 0 Å². The van der Waals surface area contributed by atoms with E-state index in [0.29, 0.717) is 21.8 Å². The van der Waals surface area contributed by atoms with Gasteiger partial charge >= 0.3 is 0 Å². The molecule has 0 amide bonds. The van der Waals surface area contributed by atoms with Gasteiger partial charge in [0, 0.05) is 17.5 Å².